The summed E-state index contributed by atoms with van der Waals surface area (Å²) in [7, 11) is 0. The first-order valence-corrected chi connectivity index (χ1v) is 8.17. The van der Waals surface area contributed by atoms with E-state index in [1.807, 2.05) is 4.90 Å². The minimum absolute atomic E-state index is 0.0785. The normalized spacial score (nSPS) is 17.4. The van der Waals surface area contributed by atoms with Gasteiger partial charge in [0.25, 0.3) is 0 Å². The molecule has 1 amide bonds. The fraction of sp³-hybridized carbons (Fsp3) is 0.611. The molecule has 1 aliphatic rings. The summed E-state index contributed by atoms with van der Waals surface area (Å²) in [6.07, 6.45) is 5.51. The van der Waals surface area contributed by atoms with E-state index >= 15 is 0 Å². The Morgan fingerprint density at radius 2 is 1.81 bits per heavy atom. The predicted molar refractivity (Wildman–Crippen MR) is 87.2 cm³/mol. The van der Waals surface area contributed by atoms with Gasteiger partial charge >= 0.3 is 0 Å². The van der Waals surface area contributed by atoms with E-state index in [1.54, 1.807) is 0 Å². The molecule has 116 valence electrons. The molecule has 1 saturated heterocycles. The van der Waals surface area contributed by atoms with Crippen LogP contribution in [0.25, 0.3) is 0 Å². The van der Waals surface area contributed by atoms with Gasteiger partial charge in [0.15, 0.2) is 0 Å². The third-order valence-electron chi connectivity index (χ3n) is 4.60. The number of rotatable bonds is 4. The number of carbonyl (C=O) groups is 1. The summed E-state index contributed by atoms with van der Waals surface area (Å²) < 4.78 is 0. The van der Waals surface area contributed by atoms with Crippen LogP contribution in [0.15, 0.2) is 18.2 Å². The lowest BCUT2D eigenvalue weighted by atomic mass is 9.95. The van der Waals surface area contributed by atoms with Gasteiger partial charge in [-0.15, -0.1) is 0 Å². The maximum atomic E-state index is 12.7. The van der Waals surface area contributed by atoms with Crippen LogP contribution in [0.3, 0.4) is 0 Å². The number of benzene rings is 1. The third-order valence-corrected chi connectivity index (χ3v) is 4.60. The van der Waals surface area contributed by atoms with Crippen LogP contribution < -0.4 is 5.73 Å². The number of hydrogen-bond donors (Lipinski definition) is 1. The summed E-state index contributed by atoms with van der Waals surface area (Å²) in [5, 5.41) is 0. The molecule has 1 aromatic rings. The SMILES string of the molecule is Cc1ccc(CC(CN)C(=O)N2CCCCCC2)cc1C. The van der Waals surface area contributed by atoms with Crippen LogP contribution in [0.5, 0.6) is 0 Å². The van der Waals surface area contributed by atoms with Crippen molar-refractivity contribution in [1.82, 2.24) is 4.90 Å². The molecule has 0 spiro atoms. The van der Waals surface area contributed by atoms with E-state index in [2.05, 4.69) is 32.0 Å². The molecule has 2 rings (SSSR count). The van der Waals surface area contributed by atoms with Gasteiger partial charge in [0, 0.05) is 19.6 Å². The van der Waals surface area contributed by atoms with Crippen LogP contribution in [0, 0.1) is 19.8 Å². The van der Waals surface area contributed by atoms with Gasteiger partial charge in [-0.1, -0.05) is 31.0 Å². The molecule has 3 nitrogen and oxygen atoms in total. The Morgan fingerprint density at radius 1 is 1.14 bits per heavy atom. The van der Waals surface area contributed by atoms with Crippen molar-refractivity contribution in [3.8, 4) is 0 Å². The molecule has 0 radical (unpaired) electrons. The number of nitrogens with two attached hydrogens (primary N) is 1. The number of likely N-dealkylation sites (tertiary alicyclic amines) is 1. The molecule has 0 bridgehead atoms. The van der Waals surface area contributed by atoms with Crippen LogP contribution in [-0.2, 0) is 11.2 Å². The maximum absolute atomic E-state index is 12.7. The summed E-state index contributed by atoms with van der Waals surface area (Å²) in [5.74, 6) is 0.169. The molecular formula is C18H28N2O. The molecule has 2 N–H and O–H groups in total. The Hall–Kier alpha value is -1.35. The third kappa shape index (κ3) is 4.31. The minimum Gasteiger partial charge on any atom is -0.342 e. The van der Waals surface area contributed by atoms with Crippen LogP contribution >= 0.6 is 0 Å². The van der Waals surface area contributed by atoms with E-state index in [0.717, 1.165) is 32.4 Å². The smallest absolute Gasteiger partial charge is 0.227 e. The van der Waals surface area contributed by atoms with Gasteiger partial charge in [0.05, 0.1) is 5.92 Å². The van der Waals surface area contributed by atoms with E-state index in [4.69, 9.17) is 5.73 Å². The van der Waals surface area contributed by atoms with Gasteiger partial charge in [-0.3, -0.25) is 4.79 Å². The first kappa shape index (κ1) is 16.0. The second kappa shape index (κ2) is 7.60. The fourth-order valence-corrected chi connectivity index (χ4v) is 3.04. The van der Waals surface area contributed by atoms with Crippen molar-refractivity contribution in [2.75, 3.05) is 19.6 Å². The summed E-state index contributed by atoms with van der Waals surface area (Å²) >= 11 is 0. The number of carbonyl (C=O) groups excluding carboxylic acids is 1. The second-order valence-corrected chi connectivity index (χ2v) is 6.29. The van der Waals surface area contributed by atoms with Crippen molar-refractivity contribution < 1.29 is 4.79 Å². The molecule has 3 heteroatoms. The lowest BCUT2D eigenvalue weighted by Crippen LogP contribution is -2.40. The highest BCUT2D eigenvalue weighted by atomic mass is 16.2. The molecule has 1 aliphatic heterocycles. The Labute approximate surface area is 128 Å². The van der Waals surface area contributed by atoms with Gasteiger partial charge < -0.3 is 10.6 Å². The Morgan fingerprint density at radius 3 is 2.38 bits per heavy atom. The first-order chi connectivity index (χ1) is 10.1. The van der Waals surface area contributed by atoms with Gasteiger partial charge in [-0.25, -0.2) is 0 Å². The van der Waals surface area contributed by atoms with Gasteiger partial charge in [-0.2, -0.15) is 0 Å². The molecule has 1 fully saturated rings. The quantitative estimate of drug-likeness (QED) is 0.926. The van der Waals surface area contributed by atoms with E-state index < -0.39 is 0 Å². The minimum atomic E-state index is -0.0785. The van der Waals surface area contributed by atoms with Crippen molar-refractivity contribution in [3.05, 3.63) is 34.9 Å². The zero-order chi connectivity index (χ0) is 15.2. The van der Waals surface area contributed by atoms with Crippen molar-refractivity contribution in [2.24, 2.45) is 11.7 Å². The number of aryl methyl sites for hydroxylation is 2. The van der Waals surface area contributed by atoms with Crippen molar-refractivity contribution in [2.45, 2.75) is 46.0 Å². The standard InChI is InChI=1S/C18H28N2O/c1-14-7-8-16(11-15(14)2)12-17(13-19)18(21)20-9-5-3-4-6-10-20/h7-8,11,17H,3-6,9-10,12-13,19H2,1-2H3. The van der Waals surface area contributed by atoms with Crippen LogP contribution in [0.1, 0.15) is 42.4 Å². The summed E-state index contributed by atoms with van der Waals surface area (Å²) in [5.41, 5.74) is 9.68. The maximum Gasteiger partial charge on any atom is 0.227 e. The van der Waals surface area contributed by atoms with Crippen molar-refractivity contribution in [3.63, 3.8) is 0 Å². The van der Waals surface area contributed by atoms with Crippen LogP contribution in [-0.4, -0.2) is 30.4 Å². The highest BCUT2D eigenvalue weighted by Crippen LogP contribution is 2.17. The lowest BCUT2D eigenvalue weighted by Gasteiger charge is -2.25. The van der Waals surface area contributed by atoms with Gasteiger partial charge in [0.2, 0.25) is 5.91 Å². The highest BCUT2D eigenvalue weighted by molar-refractivity contribution is 5.79. The van der Waals surface area contributed by atoms with E-state index in [1.165, 1.54) is 29.5 Å². The second-order valence-electron chi connectivity index (χ2n) is 6.29. The molecular weight excluding hydrogens is 260 g/mol. The molecule has 0 aromatic heterocycles. The van der Waals surface area contributed by atoms with Crippen molar-refractivity contribution in [1.29, 1.82) is 0 Å². The fourth-order valence-electron chi connectivity index (χ4n) is 3.04. The molecule has 1 aromatic carbocycles. The lowest BCUT2D eigenvalue weighted by molar-refractivity contribution is -0.135. The van der Waals surface area contributed by atoms with E-state index in [9.17, 15) is 4.79 Å². The topological polar surface area (TPSA) is 46.3 Å². The number of amides is 1. The zero-order valence-electron chi connectivity index (χ0n) is 13.4. The van der Waals surface area contributed by atoms with Gasteiger partial charge in [-0.05, 0) is 49.8 Å². The molecule has 21 heavy (non-hydrogen) atoms. The zero-order valence-corrected chi connectivity index (χ0v) is 13.4. The Kier molecular flexibility index (Phi) is 5.80. The molecule has 1 unspecified atom stereocenters. The van der Waals surface area contributed by atoms with Crippen LogP contribution in [0.2, 0.25) is 0 Å². The summed E-state index contributed by atoms with van der Waals surface area (Å²) in [4.78, 5) is 14.7. The summed E-state index contributed by atoms with van der Waals surface area (Å²) in [6, 6.07) is 6.45. The predicted octanol–water partition coefficient (Wildman–Crippen LogP) is 2.82. The van der Waals surface area contributed by atoms with Crippen molar-refractivity contribution >= 4 is 5.91 Å². The average Bonchev–Trinajstić information content (AvgIpc) is 2.77. The molecule has 1 heterocycles. The van der Waals surface area contributed by atoms with E-state index in [0.29, 0.717) is 6.54 Å². The largest absolute Gasteiger partial charge is 0.342 e. The highest BCUT2D eigenvalue weighted by Gasteiger charge is 2.24. The van der Waals surface area contributed by atoms with E-state index in [-0.39, 0.29) is 11.8 Å². The Bertz CT molecular complexity index is 476. The number of hydrogen-bond acceptors (Lipinski definition) is 2. The average molecular weight is 288 g/mol. The number of nitrogens with zero attached hydrogens (tertiary/aromatic N) is 1. The van der Waals surface area contributed by atoms with Crippen LogP contribution in [0.4, 0.5) is 0 Å². The first-order valence-electron chi connectivity index (χ1n) is 8.17. The summed E-state index contributed by atoms with van der Waals surface area (Å²) in [6.45, 7) is 6.47. The molecule has 0 saturated carbocycles. The molecule has 0 aliphatic carbocycles. The molecule has 1 atom stereocenters. The monoisotopic (exact) mass is 288 g/mol. The Balaban J connectivity index is 2.04. The van der Waals surface area contributed by atoms with Gasteiger partial charge in [0.1, 0.15) is 0 Å².